The smallest absolute Gasteiger partial charge is 0.353 e. The van der Waals surface area contributed by atoms with Gasteiger partial charge in [-0.25, -0.2) is 4.79 Å². The van der Waals surface area contributed by atoms with Crippen LogP contribution in [-0.4, -0.2) is 28.6 Å². The molecule has 0 fully saturated rings. The minimum atomic E-state index is -1.27. The molecule has 1 amide bonds. The highest BCUT2D eigenvalue weighted by atomic mass is 16.4. The summed E-state index contributed by atoms with van der Waals surface area (Å²) in [5.74, 6) is -2.83. The Kier molecular flexibility index (Phi) is 4.21. The normalized spacial score (nSPS) is 10.6. The molecule has 0 saturated carbocycles. The number of carboxylic acid groups (broad SMARTS) is 1. The van der Waals surface area contributed by atoms with E-state index in [4.69, 9.17) is 9.52 Å². The molecule has 126 valence electrons. The molecule has 3 N–H and O–H groups in total. The fourth-order valence-corrected chi connectivity index (χ4v) is 2.44. The Morgan fingerprint density at radius 2 is 1.76 bits per heavy atom. The number of hydrogen-bond acceptors (Lipinski definition) is 5. The molecule has 0 unspecified atom stereocenters. The minimum absolute atomic E-state index is 0.124. The maximum Gasteiger partial charge on any atom is 0.353 e. The van der Waals surface area contributed by atoms with Crippen molar-refractivity contribution in [1.82, 2.24) is 5.32 Å². The third-order valence-corrected chi connectivity index (χ3v) is 3.61. The number of fused-ring (bicyclic) bond motifs is 1. The molecule has 0 aliphatic heterocycles. The molecule has 0 aliphatic carbocycles. The van der Waals surface area contributed by atoms with Crippen LogP contribution in [0.25, 0.3) is 22.1 Å². The van der Waals surface area contributed by atoms with E-state index in [1.54, 1.807) is 12.1 Å². The van der Waals surface area contributed by atoms with Crippen LogP contribution in [0.15, 0.2) is 57.7 Å². The lowest BCUT2D eigenvalue weighted by Gasteiger charge is -2.08. The molecule has 25 heavy (non-hydrogen) atoms. The lowest BCUT2D eigenvalue weighted by atomic mass is 10.0. The number of nitrogens with one attached hydrogen (secondary N) is 1. The number of carbonyl (C=O) groups is 2. The number of hydrogen-bond donors (Lipinski definition) is 3. The molecule has 0 aliphatic rings. The van der Waals surface area contributed by atoms with Gasteiger partial charge in [-0.1, -0.05) is 36.4 Å². The van der Waals surface area contributed by atoms with E-state index in [0.717, 1.165) is 11.1 Å². The summed E-state index contributed by atoms with van der Waals surface area (Å²) in [7, 11) is 0. The second-order valence-electron chi connectivity index (χ2n) is 5.27. The minimum Gasteiger partial charge on any atom is -0.506 e. The Morgan fingerprint density at radius 3 is 2.44 bits per heavy atom. The molecule has 0 bridgehead atoms. The summed E-state index contributed by atoms with van der Waals surface area (Å²) in [5, 5.41) is 21.0. The zero-order valence-corrected chi connectivity index (χ0v) is 12.9. The SMILES string of the molecule is O=C(O)CNC(=O)c1c(O)c2ccc(-c3ccccc3)cc2oc1=O. The van der Waals surface area contributed by atoms with E-state index in [-0.39, 0.29) is 11.0 Å². The lowest BCUT2D eigenvalue weighted by molar-refractivity contribution is -0.135. The van der Waals surface area contributed by atoms with Crippen LogP contribution >= 0.6 is 0 Å². The number of aromatic hydroxyl groups is 1. The van der Waals surface area contributed by atoms with E-state index in [1.165, 1.54) is 6.07 Å². The lowest BCUT2D eigenvalue weighted by Crippen LogP contribution is -2.32. The largest absolute Gasteiger partial charge is 0.506 e. The summed E-state index contributed by atoms with van der Waals surface area (Å²) in [6.45, 7) is -0.678. The maximum atomic E-state index is 12.1. The summed E-state index contributed by atoms with van der Waals surface area (Å²) in [4.78, 5) is 34.5. The average Bonchev–Trinajstić information content (AvgIpc) is 2.60. The van der Waals surface area contributed by atoms with Gasteiger partial charge in [0.15, 0.2) is 5.56 Å². The van der Waals surface area contributed by atoms with Crippen molar-refractivity contribution in [2.24, 2.45) is 0 Å². The Hall–Kier alpha value is -3.61. The van der Waals surface area contributed by atoms with Crippen molar-refractivity contribution < 1.29 is 24.2 Å². The first-order chi connectivity index (χ1) is 12.0. The molecular weight excluding hydrogens is 326 g/mol. The quantitative estimate of drug-likeness (QED) is 0.626. The van der Waals surface area contributed by atoms with Crippen LogP contribution in [0.5, 0.6) is 5.75 Å². The van der Waals surface area contributed by atoms with Crippen molar-refractivity contribution in [2.75, 3.05) is 6.54 Å². The van der Waals surface area contributed by atoms with Crippen LogP contribution in [0.2, 0.25) is 0 Å². The Bertz CT molecular complexity index is 1020. The van der Waals surface area contributed by atoms with Gasteiger partial charge in [0.05, 0.1) is 5.39 Å². The fraction of sp³-hybridized carbons (Fsp3) is 0.0556. The predicted octanol–water partition coefficient (Wildman–Crippen LogP) is 1.98. The number of benzene rings is 2. The topological polar surface area (TPSA) is 117 Å². The third kappa shape index (κ3) is 3.20. The van der Waals surface area contributed by atoms with Gasteiger partial charge in [0, 0.05) is 0 Å². The molecule has 3 rings (SSSR count). The van der Waals surface area contributed by atoms with Crippen LogP contribution in [0.3, 0.4) is 0 Å². The van der Waals surface area contributed by atoms with Gasteiger partial charge in [0.1, 0.15) is 17.9 Å². The van der Waals surface area contributed by atoms with Gasteiger partial charge >= 0.3 is 11.6 Å². The van der Waals surface area contributed by atoms with Crippen molar-refractivity contribution in [2.45, 2.75) is 0 Å². The van der Waals surface area contributed by atoms with Gasteiger partial charge in [-0.2, -0.15) is 0 Å². The zero-order chi connectivity index (χ0) is 18.0. The number of carbonyl (C=O) groups excluding carboxylic acids is 1. The fourth-order valence-electron chi connectivity index (χ4n) is 2.44. The van der Waals surface area contributed by atoms with Crippen LogP contribution in [0.4, 0.5) is 0 Å². The van der Waals surface area contributed by atoms with Crippen LogP contribution in [-0.2, 0) is 4.79 Å². The van der Waals surface area contributed by atoms with Gasteiger partial charge in [-0.05, 0) is 23.3 Å². The number of rotatable bonds is 4. The van der Waals surface area contributed by atoms with Crippen LogP contribution < -0.4 is 10.9 Å². The zero-order valence-electron chi connectivity index (χ0n) is 12.9. The summed E-state index contributed by atoms with van der Waals surface area (Å²) >= 11 is 0. The second-order valence-corrected chi connectivity index (χ2v) is 5.27. The van der Waals surface area contributed by atoms with Crippen molar-refractivity contribution in [1.29, 1.82) is 0 Å². The van der Waals surface area contributed by atoms with E-state index >= 15 is 0 Å². The summed E-state index contributed by atoms with van der Waals surface area (Å²) in [6, 6.07) is 14.2. The van der Waals surface area contributed by atoms with Gasteiger partial charge < -0.3 is 19.9 Å². The molecule has 7 heteroatoms. The molecular formula is C18H13NO6. The molecule has 1 heterocycles. The van der Waals surface area contributed by atoms with Crippen molar-refractivity contribution in [3.63, 3.8) is 0 Å². The van der Waals surface area contributed by atoms with E-state index in [0.29, 0.717) is 0 Å². The third-order valence-electron chi connectivity index (χ3n) is 3.61. The first-order valence-electron chi connectivity index (χ1n) is 7.32. The Balaban J connectivity index is 2.07. The van der Waals surface area contributed by atoms with Gasteiger partial charge in [0.25, 0.3) is 5.91 Å². The Labute approximate surface area is 141 Å². The van der Waals surface area contributed by atoms with Crippen molar-refractivity contribution >= 4 is 22.8 Å². The number of aliphatic carboxylic acids is 1. The van der Waals surface area contributed by atoms with E-state index in [1.807, 2.05) is 35.6 Å². The second kappa shape index (κ2) is 6.48. The van der Waals surface area contributed by atoms with Crippen LogP contribution in [0, 0.1) is 0 Å². The molecule has 1 aromatic heterocycles. The number of amides is 1. The van der Waals surface area contributed by atoms with Crippen LogP contribution in [0.1, 0.15) is 10.4 Å². The highest BCUT2D eigenvalue weighted by molar-refractivity contribution is 6.02. The van der Waals surface area contributed by atoms with Crippen molar-refractivity contribution in [3.05, 3.63) is 64.5 Å². The van der Waals surface area contributed by atoms with E-state index in [2.05, 4.69) is 0 Å². The predicted molar refractivity (Wildman–Crippen MR) is 89.6 cm³/mol. The first-order valence-corrected chi connectivity index (χ1v) is 7.32. The summed E-state index contributed by atoms with van der Waals surface area (Å²) in [5.41, 5.74) is 0.131. The number of carboxylic acids is 1. The standard InChI is InChI=1S/C18H13NO6/c20-14(21)9-19-17(23)15-16(22)12-7-6-11(8-13(12)25-18(15)24)10-4-2-1-3-5-10/h1-8,22H,9H2,(H,19,23)(H,20,21). The van der Waals surface area contributed by atoms with Crippen molar-refractivity contribution in [3.8, 4) is 16.9 Å². The van der Waals surface area contributed by atoms with E-state index in [9.17, 15) is 19.5 Å². The van der Waals surface area contributed by atoms with E-state index < -0.39 is 35.4 Å². The molecule has 0 atom stereocenters. The highest BCUT2D eigenvalue weighted by Gasteiger charge is 2.21. The molecule has 7 nitrogen and oxygen atoms in total. The van der Waals surface area contributed by atoms with Gasteiger partial charge in [-0.15, -0.1) is 0 Å². The molecule has 0 saturated heterocycles. The molecule has 2 aromatic carbocycles. The molecule has 0 spiro atoms. The van der Waals surface area contributed by atoms with Gasteiger partial charge in [0.2, 0.25) is 0 Å². The molecule has 3 aromatic rings. The maximum absolute atomic E-state index is 12.1. The Morgan fingerprint density at radius 1 is 1.04 bits per heavy atom. The summed E-state index contributed by atoms with van der Waals surface area (Å²) in [6.07, 6.45) is 0. The molecule has 0 radical (unpaired) electrons. The first kappa shape index (κ1) is 16.3. The highest BCUT2D eigenvalue weighted by Crippen LogP contribution is 2.30. The monoisotopic (exact) mass is 339 g/mol. The summed E-state index contributed by atoms with van der Waals surface area (Å²) < 4.78 is 5.14. The average molecular weight is 339 g/mol. The van der Waals surface area contributed by atoms with Gasteiger partial charge in [-0.3, -0.25) is 9.59 Å².